The van der Waals surface area contributed by atoms with E-state index in [0.29, 0.717) is 22.6 Å². The summed E-state index contributed by atoms with van der Waals surface area (Å²) >= 11 is 0. The number of ether oxygens (including phenoxy) is 3. The zero-order chi connectivity index (χ0) is 21.4. The highest BCUT2D eigenvalue weighted by atomic mass is 16.5. The topological polar surface area (TPSA) is 78.9 Å². The van der Waals surface area contributed by atoms with Gasteiger partial charge in [-0.05, 0) is 31.5 Å². The summed E-state index contributed by atoms with van der Waals surface area (Å²) in [5, 5.41) is 0. The van der Waals surface area contributed by atoms with Gasteiger partial charge in [-0.15, -0.1) is 0 Å². The van der Waals surface area contributed by atoms with Gasteiger partial charge in [-0.1, -0.05) is 36.4 Å². The minimum absolute atomic E-state index is 0.0252. The Labute approximate surface area is 170 Å². The molecule has 0 radical (unpaired) electrons. The van der Waals surface area contributed by atoms with Crippen LogP contribution in [0.5, 0.6) is 11.5 Å². The first kappa shape index (κ1) is 22.1. The van der Waals surface area contributed by atoms with Gasteiger partial charge in [0.15, 0.2) is 17.3 Å². The number of Topliss-reactive ketones (excluding diaryl/α,β-unsaturated/α-hetero) is 2. The molecule has 0 bridgehead atoms. The van der Waals surface area contributed by atoms with Crippen LogP contribution in [-0.2, 0) is 14.3 Å². The molecule has 0 saturated carbocycles. The van der Waals surface area contributed by atoms with Crippen molar-refractivity contribution < 1.29 is 28.6 Å². The Bertz CT molecular complexity index is 859. The van der Waals surface area contributed by atoms with Gasteiger partial charge in [0, 0.05) is 17.9 Å². The second-order valence-corrected chi connectivity index (χ2v) is 6.55. The second kappa shape index (κ2) is 10.4. The molecule has 6 nitrogen and oxygen atoms in total. The van der Waals surface area contributed by atoms with Gasteiger partial charge >= 0.3 is 5.97 Å². The van der Waals surface area contributed by atoms with E-state index in [0.717, 1.165) is 0 Å². The van der Waals surface area contributed by atoms with Gasteiger partial charge in [0.25, 0.3) is 0 Å². The lowest BCUT2D eigenvalue weighted by Gasteiger charge is -2.24. The van der Waals surface area contributed by atoms with E-state index in [2.05, 4.69) is 0 Å². The molecule has 29 heavy (non-hydrogen) atoms. The third-order valence-electron chi connectivity index (χ3n) is 4.72. The van der Waals surface area contributed by atoms with Gasteiger partial charge in [-0.2, -0.15) is 0 Å². The SMILES string of the molecule is CCOC(=O)C(C(C)=O)C(CC(=O)c1ccccc1)c1ccc(OC)c(OC)c1. The maximum Gasteiger partial charge on any atom is 0.317 e. The van der Waals surface area contributed by atoms with Crippen molar-refractivity contribution in [1.82, 2.24) is 0 Å². The van der Waals surface area contributed by atoms with Crippen molar-refractivity contribution in [3.05, 3.63) is 59.7 Å². The summed E-state index contributed by atoms with van der Waals surface area (Å²) in [5.41, 5.74) is 1.14. The van der Waals surface area contributed by atoms with Gasteiger partial charge in [0.1, 0.15) is 11.7 Å². The van der Waals surface area contributed by atoms with Crippen LogP contribution in [0, 0.1) is 5.92 Å². The van der Waals surface area contributed by atoms with Crippen LogP contribution >= 0.6 is 0 Å². The van der Waals surface area contributed by atoms with E-state index in [1.807, 2.05) is 6.07 Å². The lowest BCUT2D eigenvalue weighted by Crippen LogP contribution is -2.32. The summed E-state index contributed by atoms with van der Waals surface area (Å²) in [4.78, 5) is 37.9. The average Bonchev–Trinajstić information content (AvgIpc) is 2.73. The molecule has 0 N–H and O–H groups in total. The maximum absolute atomic E-state index is 12.9. The molecule has 154 valence electrons. The van der Waals surface area contributed by atoms with E-state index in [1.54, 1.807) is 49.4 Å². The fraction of sp³-hybridized carbons (Fsp3) is 0.348. The predicted molar refractivity (Wildman–Crippen MR) is 108 cm³/mol. The number of rotatable bonds is 10. The maximum atomic E-state index is 12.9. The average molecular weight is 398 g/mol. The number of hydrogen-bond donors (Lipinski definition) is 0. The first-order valence-electron chi connectivity index (χ1n) is 9.40. The highest BCUT2D eigenvalue weighted by Crippen LogP contribution is 2.37. The molecule has 2 aromatic carbocycles. The smallest absolute Gasteiger partial charge is 0.317 e. The lowest BCUT2D eigenvalue weighted by atomic mass is 9.79. The third-order valence-corrected chi connectivity index (χ3v) is 4.72. The van der Waals surface area contributed by atoms with Gasteiger partial charge < -0.3 is 14.2 Å². The van der Waals surface area contributed by atoms with E-state index in [9.17, 15) is 14.4 Å². The van der Waals surface area contributed by atoms with Gasteiger partial charge in [-0.25, -0.2) is 0 Å². The van der Waals surface area contributed by atoms with Gasteiger partial charge in [0.2, 0.25) is 0 Å². The Balaban J connectivity index is 2.50. The predicted octanol–water partition coefficient (Wildman–Crippen LogP) is 3.83. The summed E-state index contributed by atoms with van der Waals surface area (Å²) in [6.07, 6.45) is -0.0252. The molecule has 0 aliphatic rings. The standard InChI is InChI=1S/C23H26O6/c1-5-29-23(26)22(15(2)24)18(14-19(25)16-9-7-6-8-10-16)17-11-12-20(27-3)21(13-17)28-4/h6-13,18,22H,5,14H2,1-4H3. The molecule has 2 atom stereocenters. The molecule has 0 fully saturated rings. The van der Waals surface area contributed by atoms with Crippen LogP contribution in [0.25, 0.3) is 0 Å². The number of carbonyl (C=O) groups is 3. The number of benzene rings is 2. The summed E-state index contributed by atoms with van der Waals surface area (Å²) < 4.78 is 15.7. The first-order valence-corrected chi connectivity index (χ1v) is 9.40. The van der Waals surface area contributed by atoms with Crippen molar-refractivity contribution in [2.75, 3.05) is 20.8 Å². The first-order chi connectivity index (χ1) is 13.9. The van der Waals surface area contributed by atoms with Gasteiger partial charge in [-0.3, -0.25) is 14.4 Å². The number of methoxy groups -OCH3 is 2. The van der Waals surface area contributed by atoms with E-state index < -0.39 is 17.8 Å². The van der Waals surface area contributed by atoms with Crippen molar-refractivity contribution in [2.45, 2.75) is 26.2 Å². The number of ketones is 2. The van der Waals surface area contributed by atoms with Crippen molar-refractivity contribution >= 4 is 17.5 Å². The Hall–Kier alpha value is -3.15. The fourth-order valence-corrected chi connectivity index (χ4v) is 3.30. The molecular formula is C23H26O6. The molecule has 0 aliphatic carbocycles. The quantitative estimate of drug-likeness (QED) is 0.344. The largest absolute Gasteiger partial charge is 0.493 e. The number of hydrogen-bond acceptors (Lipinski definition) is 6. The van der Waals surface area contributed by atoms with Crippen molar-refractivity contribution in [1.29, 1.82) is 0 Å². The number of esters is 1. The van der Waals surface area contributed by atoms with Crippen molar-refractivity contribution in [3.8, 4) is 11.5 Å². The molecule has 2 rings (SSSR count). The third kappa shape index (κ3) is 5.44. The molecule has 0 saturated heterocycles. The molecule has 6 heteroatoms. The minimum Gasteiger partial charge on any atom is -0.493 e. The van der Waals surface area contributed by atoms with Crippen molar-refractivity contribution in [2.24, 2.45) is 5.92 Å². The Morgan fingerprint density at radius 3 is 2.14 bits per heavy atom. The number of carbonyl (C=O) groups excluding carboxylic acids is 3. The Morgan fingerprint density at radius 2 is 1.59 bits per heavy atom. The van der Waals surface area contributed by atoms with Crippen LogP contribution in [0.4, 0.5) is 0 Å². The molecule has 0 aliphatic heterocycles. The Morgan fingerprint density at radius 1 is 0.931 bits per heavy atom. The normalized spacial score (nSPS) is 12.6. The van der Waals surface area contributed by atoms with Crippen LogP contribution in [-0.4, -0.2) is 38.4 Å². The summed E-state index contributed by atoms with van der Waals surface area (Å²) in [6, 6.07) is 13.9. The van der Waals surface area contributed by atoms with Crippen LogP contribution in [0.15, 0.2) is 48.5 Å². The summed E-state index contributed by atoms with van der Waals surface area (Å²) in [5.74, 6) is -1.99. The monoisotopic (exact) mass is 398 g/mol. The minimum atomic E-state index is -1.10. The summed E-state index contributed by atoms with van der Waals surface area (Å²) in [7, 11) is 3.02. The van der Waals surface area contributed by atoms with E-state index in [1.165, 1.54) is 21.1 Å². The molecule has 2 unspecified atom stereocenters. The van der Waals surface area contributed by atoms with Gasteiger partial charge in [0.05, 0.1) is 20.8 Å². The van der Waals surface area contributed by atoms with Crippen LogP contribution in [0.1, 0.15) is 42.1 Å². The zero-order valence-electron chi connectivity index (χ0n) is 17.1. The molecule has 0 spiro atoms. The lowest BCUT2D eigenvalue weighted by molar-refractivity contribution is -0.152. The molecule has 0 heterocycles. The van der Waals surface area contributed by atoms with Crippen LogP contribution in [0.2, 0.25) is 0 Å². The fourth-order valence-electron chi connectivity index (χ4n) is 3.30. The van der Waals surface area contributed by atoms with E-state index >= 15 is 0 Å². The van der Waals surface area contributed by atoms with E-state index in [4.69, 9.17) is 14.2 Å². The van der Waals surface area contributed by atoms with Crippen molar-refractivity contribution in [3.63, 3.8) is 0 Å². The summed E-state index contributed by atoms with van der Waals surface area (Å²) in [6.45, 7) is 3.16. The van der Waals surface area contributed by atoms with Crippen LogP contribution < -0.4 is 9.47 Å². The molecule has 0 amide bonds. The second-order valence-electron chi connectivity index (χ2n) is 6.55. The van der Waals surface area contributed by atoms with Crippen LogP contribution in [0.3, 0.4) is 0 Å². The molecule has 0 aromatic heterocycles. The zero-order valence-corrected chi connectivity index (χ0v) is 17.1. The molecule has 2 aromatic rings. The Kier molecular flexibility index (Phi) is 7.95. The highest BCUT2D eigenvalue weighted by molar-refractivity contribution is 6.01. The van der Waals surface area contributed by atoms with E-state index in [-0.39, 0.29) is 24.6 Å². The molecular weight excluding hydrogens is 372 g/mol. The highest BCUT2D eigenvalue weighted by Gasteiger charge is 2.36.